The van der Waals surface area contributed by atoms with Crippen molar-refractivity contribution in [1.29, 1.82) is 0 Å². The molecule has 0 radical (unpaired) electrons. The van der Waals surface area contributed by atoms with E-state index in [1.165, 1.54) is 0 Å². The average Bonchev–Trinajstić information content (AvgIpc) is 2.70. The Hall–Kier alpha value is -2.86. The van der Waals surface area contributed by atoms with Gasteiger partial charge in [0.05, 0.1) is 11.9 Å². The standard InChI is InChI=1S/C20H21N5O/c1-2-9-22-17(6-1)15-25-12-4-5-16(14-25)19-20(24-11-10-23-19)26-18-7-3-8-21-13-18/h1-3,6-11,13,16H,4-5,12,14-15H2/t16-/m0/s1. The molecule has 0 amide bonds. The van der Waals surface area contributed by atoms with Gasteiger partial charge < -0.3 is 4.74 Å². The van der Waals surface area contributed by atoms with E-state index >= 15 is 0 Å². The second-order valence-electron chi connectivity index (χ2n) is 6.43. The van der Waals surface area contributed by atoms with Crippen LogP contribution in [0.3, 0.4) is 0 Å². The molecule has 132 valence electrons. The van der Waals surface area contributed by atoms with Crippen LogP contribution < -0.4 is 4.74 Å². The smallest absolute Gasteiger partial charge is 0.241 e. The van der Waals surface area contributed by atoms with E-state index in [4.69, 9.17) is 4.74 Å². The van der Waals surface area contributed by atoms with Gasteiger partial charge in [0.25, 0.3) is 0 Å². The molecule has 0 aliphatic carbocycles. The lowest BCUT2D eigenvalue weighted by Gasteiger charge is -2.32. The van der Waals surface area contributed by atoms with Crippen molar-refractivity contribution in [1.82, 2.24) is 24.8 Å². The number of piperidine rings is 1. The van der Waals surface area contributed by atoms with Crippen LogP contribution in [-0.2, 0) is 6.54 Å². The maximum Gasteiger partial charge on any atom is 0.241 e. The first-order chi connectivity index (χ1) is 12.9. The van der Waals surface area contributed by atoms with E-state index in [9.17, 15) is 0 Å². The van der Waals surface area contributed by atoms with Crippen molar-refractivity contribution in [3.05, 3.63) is 72.7 Å². The van der Waals surface area contributed by atoms with Crippen molar-refractivity contribution in [2.45, 2.75) is 25.3 Å². The molecular formula is C20H21N5O. The summed E-state index contributed by atoms with van der Waals surface area (Å²) in [6.07, 6.45) is 10.9. The molecule has 0 aromatic carbocycles. The Morgan fingerprint density at radius 2 is 1.96 bits per heavy atom. The van der Waals surface area contributed by atoms with Crippen molar-refractivity contribution < 1.29 is 4.74 Å². The third-order valence-corrected chi connectivity index (χ3v) is 4.54. The van der Waals surface area contributed by atoms with Gasteiger partial charge in [-0.3, -0.25) is 19.9 Å². The van der Waals surface area contributed by atoms with Gasteiger partial charge in [-0.15, -0.1) is 0 Å². The van der Waals surface area contributed by atoms with E-state index in [1.54, 1.807) is 24.8 Å². The van der Waals surface area contributed by atoms with Crippen molar-refractivity contribution in [3.8, 4) is 11.6 Å². The van der Waals surface area contributed by atoms with E-state index in [0.717, 1.165) is 43.9 Å². The van der Waals surface area contributed by atoms with Gasteiger partial charge >= 0.3 is 0 Å². The molecule has 4 rings (SSSR count). The molecule has 0 unspecified atom stereocenters. The van der Waals surface area contributed by atoms with Crippen LogP contribution >= 0.6 is 0 Å². The lowest BCUT2D eigenvalue weighted by atomic mass is 9.94. The van der Waals surface area contributed by atoms with Crippen LogP contribution in [0.15, 0.2) is 61.3 Å². The number of nitrogens with zero attached hydrogens (tertiary/aromatic N) is 5. The highest BCUT2D eigenvalue weighted by Crippen LogP contribution is 2.32. The monoisotopic (exact) mass is 347 g/mol. The molecule has 3 aromatic rings. The fraction of sp³-hybridized carbons (Fsp3) is 0.300. The summed E-state index contributed by atoms with van der Waals surface area (Å²) in [5, 5.41) is 0. The van der Waals surface area contributed by atoms with Gasteiger partial charge in [-0.1, -0.05) is 6.07 Å². The van der Waals surface area contributed by atoms with Gasteiger partial charge in [-0.25, -0.2) is 4.98 Å². The van der Waals surface area contributed by atoms with Gasteiger partial charge in [0.15, 0.2) is 0 Å². The maximum atomic E-state index is 5.95. The van der Waals surface area contributed by atoms with Crippen LogP contribution in [0.2, 0.25) is 0 Å². The summed E-state index contributed by atoms with van der Waals surface area (Å²) in [7, 11) is 0. The lowest BCUT2D eigenvalue weighted by molar-refractivity contribution is 0.194. The highest BCUT2D eigenvalue weighted by molar-refractivity contribution is 5.29. The fourth-order valence-electron chi connectivity index (χ4n) is 3.36. The Morgan fingerprint density at radius 1 is 1.00 bits per heavy atom. The minimum Gasteiger partial charge on any atom is -0.436 e. The Morgan fingerprint density at radius 3 is 2.81 bits per heavy atom. The summed E-state index contributed by atoms with van der Waals surface area (Å²) < 4.78 is 5.95. The number of likely N-dealkylation sites (tertiary alicyclic amines) is 1. The summed E-state index contributed by atoms with van der Waals surface area (Å²) >= 11 is 0. The largest absolute Gasteiger partial charge is 0.436 e. The molecule has 1 aliphatic rings. The molecule has 0 saturated carbocycles. The van der Waals surface area contributed by atoms with Gasteiger partial charge in [-0.2, -0.15) is 0 Å². The number of hydrogen-bond acceptors (Lipinski definition) is 6. The molecule has 6 heteroatoms. The molecule has 0 bridgehead atoms. The zero-order chi connectivity index (χ0) is 17.6. The molecule has 1 fully saturated rings. The summed E-state index contributed by atoms with van der Waals surface area (Å²) in [6, 6.07) is 9.78. The van der Waals surface area contributed by atoms with E-state index < -0.39 is 0 Å². The van der Waals surface area contributed by atoms with Crippen LogP contribution in [0.5, 0.6) is 11.6 Å². The molecule has 1 atom stereocenters. The van der Waals surface area contributed by atoms with Crippen LogP contribution in [0.1, 0.15) is 30.1 Å². The zero-order valence-electron chi connectivity index (χ0n) is 14.5. The molecule has 0 N–H and O–H groups in total. The summed E-state index contributed by atoms with van der Waals surface area (Å²) in [5.41, 5.74) is 2.02. The molecule has 4 heterocycles. The normalized spacial score (nSPS) is 17.8. The SMILES string of the molecule is c1ccc(CN2CCC[C@H](c3nccnc3Oc3cccnc3)C2)nc1. The second kappa shape index (κ2) is 8.01. The molecular weight excluding hydrogens is 326 g/mol. The first-order valence-electron chi connectivity index (χ1n) is 8.89. The number of pyridine rings is 2. The predicted octanol–water partition coefficient (Wildman–Crippen LogP) is 3.44. The van der Waals surface area contributed by atoms with Crippen LogP contribution in [0, 0.1) is 0 Å². The lowest BCUT2D eigenvalue weighted by Crippen LogP contribution is -2.34. The van der Waals surface area contributed by atoms with Crippen molar-refractivity contribution in [2.24, 2.45) is 0 Å². The predicted molar refractivity (Wildman–Crippen MR) is 97.8 cm³/mol. The first kappa shape index (κ1) is 16.6. The molecule has 26 heavy (non-hydrogen) atoms. The summed E-state index contributed by atoms with van der Waals surface area (Å²) in [5.74, 6) is 1.55. The quantitative estimate of drug-likeness (QED) is 0.704. The Balaban J connectivity index is 1.50. The highest BCUT2D eigenvalue weighted by Gasteiger charge is 2.26. The molecule has 1 aliphatic heterocycles. The second-order valence-corrected chi connectivity index (χ2v) is 6.43. The number of rotatable bonds is 5. The molecule has 6 nitrogen and oxygen atoms in total. The van der Waals surface area contributed by atoms with Gasteiger partial charge in [-0.05, 0) is 43.7 Å². The average molecular weight is 347 g/mol. The first-order valence-corrected chi connectivity index (χ1v) is 8.89. The van der Waals surface area contributed by atoms with Crippen molar-refractivity contribution >= 4 is 0 Å². The number of aromatic nitrogens is 4. The summed E-state index contributed by atoms with van der Waals surface area (Å²) in [4.78, 5) is 20.0. The minimum absolute atomic E-state index is 0.299. The van der Waals surface area contributed by atoms with Crippen molar-refractivity contribution in [3.63, 3.8) is 0 Å². The van der Waals surface area contributed by atoms with E-state index in [1.807, 2.05) is 30.5 Å². The maximum absolute atomic E-state index is 5.95. The van der Waals surface area contributed by atoms with Gasteiger partial charge in [0.2, 0.25) is 5.88 Å². The summed E-state index contributed by atoms with van der Waals surface area (Å²) in [6.45, 7) is 2.86. The number of ether oxygens (including phenoxy) is 1. The third kappa shape index (κ3) is 4.03. The molecule has 3 aromatic heterocycles. The molecule has 1 saturated heterocycles. The third-order valence-electron chi connectivity index (χ3n) is 4.54. The minimum atomic E-state index is 0.299. The van der Waals surface area contributed by atoms with Gasteiger partial charge in [0, 0.05) is 43.8 Å². The molecule has 0 spiro atoms. The fourth-order valence-corrected chi connectivity index (χ4v) is 3.36. The Kier molecular flexibility index (Phi) is 5.12. The van der Waals surface area contributed by atoms with Crippen LogP contribution in [-0.4, -0.2) is 37.9 Å². The van der Waals surface area contributed by atoms with Gasteiger partial charge in [0.1, 0.15) is 11.4 Å². The van der Waals surface area contributed by atoms with E-state index in [2.05, 4.69) is 30.9 Å². The van der Waals surface area contributed by atoms with Crippen molar-refractivity contribution in [2.75, 3.05) is 13.1 Å². The Bertz CT molecular complexity index is 828. The van der Waals surface area contributed by atoms with Crippen LogP contribution in [0.4, 0.5) is 0 Å². The number of hydrogen-bond donors (Lipinski definition) is 0. The van der Waals surface area contributed by atoms with Crippen LogP contribution in [0.25, 0.3) is 0 Å². The van der Waals surface area contributed by atoms with E-state index in [-0.39, 0.29) is 0 Å². The highest BCUT2D eigenvalue weighted by atomic mass is 16.5. The Labute approximate surface area is 152 Å². The zero-order valence-corrected chi connectivity index (χ0v) is 14.5. The van der Waals surface area contributed by atoms with E-state index in [0.29, 0.717) is 17.5 Å². The topological polar surface area (TPSA) is 64.0 Å².